The number of amides is 1. The summed E-state index contributed by atoms with van der Waals surface area (Å²) >= 11 is 0. The van der Waals surface area contributed by atoms with Gasteiger partial charge in [0.25, 0.3) is 0 Å². The van der Waals surface area contributed by atoms with Crippen LogP contribution in [0.15, 0.2) is 54.6 Å². The number of anilines is 2. The molecule has 1 aliphatic rings. The molecule has 0 bridgehead atoms. The van der Waals surface area contributed by atoms with Crippen molar-refractivity contribution >= 4 is 17.3 Å². The molecule has 1 aliphatic heterocycles. The molecule has 0 spiro atoms. The van der Waals surface area contributed by atoms with E-state index in [1.165, 1.54) is 11.3 Å². The van der Waals surface area contributed by atoms with Crippen LogP contribution in [0.5, 0.6) is 0 Å². The van der Waals surface area contributed by atoms with E-state index in [2.05, 4.69) is 59.3 Å². The van der Waals surface area contributed by atoms with E-state index >= 15 is 0 Å². The Labute approximate surface area is 156 Å². The maximum absolute atomic E-state index is 12.5. The Morgan fingerprint density at radius 2 is 1.65 bits per heavy atom. The van der Waals surface area contributed by atoms with E-state index in [1.807, 2.05) is 24.3 Å². The quantitative estimate of drug-likeness (QED) is 0.856. The van der Waals surface area contributed by atoms with Crippen molar-refractivity contribution in [2.45, 2.75) is 26.2 Å². The van der Waals surface area contributed by atoms with Crippen LogP contribution in [-0.2, 0) is 4.79 Å². The average Bonchev–Trinajstić information content (AvgIpc) is 2.69. The lowest BCUT2D eigenvalue weighted by Crippen LogP contribution is -2.48. The molecule has 0 saturated carbocycles. The molecule has 138 valence electrons. The predicted molar refractivity (Wildman–Crippen MR) is 109 cm³/mol. The molecular weight excluding hydrogens is 322 g/mol. The van der Waals surface area contributed by atoms with Crippen molar-refractivity contribution in [3.63, 3.8) is 0 Å². The fraction of sp³-hybridized carbons (Fsp3) is 0.409. The van der Waals surface area contributed by atoms with Gasteiger partial charge in [-0.3, -0.25) is 9.69 Å². The SMILES string of the molecule is CC[C@H](C)c1ccccc1NC(=O)CN1CCN(c2ccccc2)CC1. The van der Waals surface area contributed by atoms with Crippen LogP contribution in [0.1, 0.15) is 31.7 Å². The molecule has 1 heterocycles. The van der Waals surface area contributed by atoms with Gasteiger partial charge in [0.2, 0.25) is 5.91 Å². The standard InChI is InChI=1S/C22H29N3O/c1-3-18(2)20-11-7-8-12-21(20)23-22(26)17-24-13-15-25(16-14-24)19-9-5-4-6-10-19/h4-12,18H,3,13-17H2,1-2H3,(H,23,26)/t18-/m0/s1. The number of carbonyl (C=O) groups is 1. The van der Waals surface area contributed by atoms with Crippen molar-refractivity contribution in [2.24, 2.45) is 0 Å². The first kappa shape index (κ1) is 18.5. The summed E-state index contributed by atoms with van der Waals surface area (Å²) in [7, 11) is 0. The van der Waals surface area contributed by atoms with E-state index in [0.717, 1.165) is 38.3 Å². The van der Waals surface area contributed by atoms with Crippen molar-refractivity contribution in [3.8, 4) is 0 Å². The highest BCUT2D eigenvalue weighted by Gasteiger charge is 2.19. The summed E-state index contributed by atoms with van der Waals surface area (Å²) in [6, 6.07) is 18.6. The summed E-state index contributed by atoms with van der Waals surface area (Å²) in [5.74, 6) is 0.523. The van der Waals surface area contributed by atoms with E-state index in [9.17, 15) is 4.79 Å². The van der Waals surface area contributed by atoms with Crippen LogP contribution in [0.2, 0.25) is 0 Å². The molecule has 2 aromatic carbocycles. The third kappa shape index (κ3) is 4.64. The summed E-state index contributed by atoms with van der Waals surface area (Å²) in [5.41, 5.74) is 3.44. The second-order valence-electron chi connectivity index (χ2n) is 7.04. The minimum atomic E-state index is 0.0777. The zero-order valence-electron chi connectivity index (χ0n) is 15.8. The summed E-state index contributed by atoms with van der Waals surface area (Å²) in [6.45, 7) is 8.58. The van der Waals surface area contributed by atoms with E-state index in [-0.39, 0.29) is 5.91 Å². The molecule has 1 amide bonds. The van der Waals surface area contributed by atoms with Crippen molar-refractivity contribution < 1.29 is 4.79 Å². The molecule has 1 N–H and O–H groups in total. The summed E-state index contributed by atoms with van der Waals surface area (Å²) in [5, 5.41) is 3.12. The highest BCUT2D eigenvalue weighted by Crippen LogP contribution is 2.26. The lowest BCUT2D eigenvalue weighted by molar-refractivity contribution is -0.117. The molecule has 0 unspecified atom stereocenters. The number of piperazine rings is 1. The Morgan fingerprint density at radius 1 is 1.00 bits per heavy atom. The Morgan fingerprint density at radius 3 is 2.35 bits per heavy atom. The predicted octanol–water partition coefficient (Wildman–Crippen LogP) is 3.96. The first-order valence-electron chi connectivity index (χ1n) is 9.58. The number of benzene rings is 2. The largest absolute Gasteiger partial charge is 0.369 e. The third-order valence-electron chi connectivity index (χ3n) is 5.24. The Kier molecular flexibility index (Phi) is 6.29. The van der Waals surface area contributed by atoms with Gasteiger partial charge in [-0.2, -0.15) is 0 Å². The number of rotatable bonds is 6. The van der Waals surface area contributed by atoms with Gasteiger partial charge in [0.1, 0.15) is 0 Å². The van der Waals surface area contributed by atoms with Crippen LogP contribution < -0.4 is 10.2 Å². The topological polar surface area (TPSA) is 35.6 Å². The molecule has 1 saturated heterocycles. The number of nitrogens with one attached hydrogen (secondary N) is 1. The summed E-state index contributed by atoms with van der Waals surface area (Å²) in [6.07, 6.45) is 1.06. The van der Waals surface area contributed by atoms with E-state index in [4.69, 9.17) is 0 Å². The van der Waals surface area contributed by atoms with Crippen LogP contribution >= 0.6 is 0 Å². The zero-order chi connectivity index (χ0) is 18.4. The first-order valence-corrected chi connectivity index (χ1v) is 9.58. The molecule has 1 fully saturated rings. The molecule has 26 heavy (non-hydrogen) atoms. The number of nitrogens with zero attached hydrogens (tertiary/aromatic N) is 2. The highest BCUT2D eigenvalue weighted by atomic mass is 16.2. The molecule has 4 heteroatoms. The van der Waals surface area contributed by atoms with E-state index in [1.54, 1.807) is 0 Å². The van der Waals surface area contributed by atoms with Crippen LogP contribution in [-0.4, -0.2) is 43.5 Å². The lowest BCUT2D eigenvalue weighted by Gasteiger charge is -2.35. The monoisotopic (exact) mass is 351 g/mol. The van der Waals surface area contributed by atoms with E-state index in [0.29, 0.717) is 12.5 Å². The fourth-order valence-corrected chi connectivity index (χ4v) is 3.46. The molecule has 4 nitrogen and oxygen atoms in total. The van der Waals surface area contributed by atoms with Gasteiger partial charge in [0.15, 0.2) is 0 Å². The summed E-state index contributed by atoms with van der Waals surface area (Å²) in [4.78, 5) is 17.1. The van der Waals surface area contributed by atoms with Gasteiger partial charge in [-0.15, -0.1) is 0 Å². The molecule has 0 radical (unpaired) electrons. The van der Waals surface area contributed by atoms with Crippen molar-refractivity contribution in [1.82, 2.24) is 4.90 Å². The fourth-order valence-electron chi connectivity index (χ4n) is 3.46. The number of para-hydroxylation sites is 2. The van der Waals surface area contributed by atoms with Crippen LogP contribution in [0.25, 0.3) is 0 Å². The average molecular weight is 351 g/mol. The van der Waals surface area contributed by atoms with Crippen molar-refractivity contribution in [3.05, 3.63) is 60.2 Å². The normalized spacial score (nSPS) is 16.3. The lowest BCUT2D eigenvalue weighted by atomic mass is 9.97. The smallest absolute Gasteiger partial charge is 0.238 e. The molecule has 0 aliphatic carbocycles. The van der Waals surface area contributed by atoms with Gasteiger partial charge >= 0.3 is 0 Å². The second kappa shape index (κ2) is 8.86. The maximum Gasteiger partial charge on any atom is 0.238 e. The van der Waals surface area contributed by atoms with Gasteiger partial charge in [0, 0.05) is 37.6 Å². The maximum atomic E-state index is 12.5. The number of hydrogen-bond acceptors (Lipinski definition) is 3. The van der Waals surface area contributed by atoms with Gasteiger partial charge in [0.05, 0.1) is 6.54 Å². The number of carbonyl (C=O) groups excluding carboxylic acids is 1. The van der Waals surface area contributed by atoms with Crippen LogP contribution in [0.4, 0.5) is 11.4 Å². The summed E-state index contributed by atoms with van der Waals surface area (Å²) < 4.78 is 0. The molecule has 0 aromatic heterocycles. The third-order valence-corrected chi connectivity index (χ3v) is 5.24. The first-order chi connectivity index (χ1) is 12.7. The molecule has 2 aromatic rings. The van der Waals surface area contributed by atoms with Gasteiger partial charge < -0.3 is 10.2 Å². The molecule has 1 atom stereocenters. The minimum absolute atomic E-state index is 0.0777. The van der Waals surface area contributed by atoms with Crippen LogP contribution in [0.3, 0.4) is 0 Å². The van der Waals surface area contributed by atoms with Gasteiger partial charge in [-0.05, 0) is 36.1 Å². The molecule has 3 rings (SSSR count). The number of hydrogen-bond donors (Lipinski definition) is 1. The van der Waals surface area contributed by atoms with Crippen molar-refractivity contribution in [2.75, 3.05) is 42.9 Å². The molecular formula is C22H29N3O. The zero-order valence-corrected chi connectivity index (χ0v) is 15.8. The Bertz CT molecular complexity index is 708. The van der Waals surface area contributed by atoms with Gasteiger partial charge in [-0.25, -0.2) is 0 Å². The van der Waals surface area contributed by atoms with Crippen LogP contribution in [0, 0.1) is 0 Å². The van der Waals surface area contributed by atoms with Gasteiger partial charge in [-0.1, -0.05) is 50.2 Å². The Hall–Kier alpha value is -2.33. The minimum Gasteiger partial charge on any atom is -0.369 e. The Balaban J connectivity index is 1.52. The van der Waals surface area contributed by atoms with E-state index < -0.39 is 0 Å². The highest BCUT2D eigenvalue weighted by molar-refractivity contribution is 5.93. The van der Waals surface area contributed by atoms with Crippen molar-refractivity contribution in [1.29, 1.82) is 0 Å². The second-order valence-corrected chi connectivity index (χ2v) is 7.04.